The van der Waals surface area contributed by atoms with Gasteiger partial charge in [0, 0.05) is 10.5 Å². The van der Waals surface area contributed by atoms with E-state index in [1.165, 1.54) is 0 Å². The molecule has 3 rings (SSSR count). The molecule has 0 aromatic heterocycles. The zero-order valence-electron chi connectivity index (χ0n) is 12.1. The second-order valence-corrected chi connectivity index (χ2v) is 6.22. The summed E-state index contributed by atoms with van der Waals surface area (Å²) in [6, 6.07) is 7.02. The number of hydrazine groups is 1. The summed E-state index contributed by atoms with van der Waals surface area (Å²) >= 11 is 1.58. The van der Waals surface area contributed by atoms with Crippen molar-refractivity contribution in [2.75, 3.05) is 6.26 Å². The van der Waals surface area contributed by atoms with Crippen LogP contribution in [-0.4, -0.2) is 29.0 Å². The van der Waals surface area contributed by atoms with Crippen LogP contribution in [0.25, 0.3) is 0 Å². The fourth-order valence-electron chi connectivity index (χ4n) is 2.82. The number of benzene rings is 1. The van der Waals surface area contributed by atoms with Gasteiger partial charge in [-0.2, -0.15) is 5.01 Å². The van der Waals surface area contributed by atoms with Crippen LogP contribution in [-0.2, 0) is 9.59 Å². The van der Waals surface area contributed by atoms with Gasteiger partial charge in [0.1, 0.15) is 0 Å². The number of fused-ring (bicyclic) bond motifs is 1. The number of thioether (sulfide) groups is 1. The number of allylic oxidation sites excluding steroid dienone is 2. The number of nitrogens with zero attached hydrogens (tertiary/aromatic N) is 1. The Bertz CT molecular complexity index is 628. The Morgan fingerprint density at radius 2 is 1.64 bits per heavy atom. The van der Waals surface area contributed by atoms with Crippen LogP contribution in [0.1, 0.15) is 23.2 Å². The summed E-state index contributed by atoms with van der Waals surface area (Å²) in [4.78, 5) is 37.8. The molecule has 1 aliphatic heterocycles. The summed E-state index contributed by atoms with van der Waals surface area (Å²) in [6.45, 7) is 0. The minimum atomic E-state index is -0.444. The van der Waals surface area contributed by atoms with Crippen molar-refractivity contribution < 1.29 is 14.4 Å². The molecule has 0 saturated carbocycles. The SMILES string of the molecule is CSc1ccc(C(=O)NN2C(=O)C3CC=CCC3C2=O)cc1. The highest BCUT2D eigenvalue weighted by Crippen LogP contribution is 2.34. The van der Waals surface area contributed by atoms with Crippen molar-refractivity contribution in [2.45, 2.75) is 17.7 Å². The molecule has 22 heavy (non-hydrogen) atoms. The molecule has 0 bridgehead atoms. The fourth-order valence-corrected chi connectivity index (χ4v) is 3.23. The van der Waals surface area contributed by atoms with E-state index in [0.29, 0.717) is 18.4 Å². The molecule has 1 fully saturated rings. The first-order valence-electron chi connectivity index (χ1n) is 7.09. The van der Waals surface area contributed by atoms with E-state index in [4.69, 9.17) is 0 Å². The lowest BCUT2D eigenvalue weighted by atomic mass is 9.85. The number of hydrogen-bond acceptors (Lipinski definition) is 4. The van der Waals surface area contributed by atoms with Gasteiger partial charge < -0.3 is 0 Å². The maximum atomic E-state index is 12.3. The summed E-state index contributed by atoms with van der Waals surface area (Å²) < 4.78 is 0. The third kappa shape index (κ3) is 2.54. The topological polar surface area (TPSA) is 66.5 Å². The van der Waals surface area contributed by atoms with E-state index in [2.05, 4.69) is 5.43 Å². The summed E-state index contributed by atoms with van der Waals surface area (Å²) in [5.41, 5.74) is 2.87. The molecule has 3 amide bonds. The lowest BCUT2D eigenvalue weighted by Gasteiger charge is -2.15. The number of rotatable bonds is 3. The molecule has 114 valence electrons. The van der Waals surface area contributed by atoms with Crippen LogP contribution < -0.4 is 5.43 Å². The predicted octanol–water partition coefficient (Wildman–Crippen LogP) is 2.00. The summed E-state index contributed by atoms with van der Waals surface area (Å²) in [6.07, 6.45) is 6.90. The van der Waals surface area contributed by atoms with Gasteiger partial charge in [-0.15, -0.1) is 11.8 Å². The minimum Gasteiger partial charge on any atom is -0.272 e. The molecule has 2 aliphatic rings. The number of carbonyl (C=O) groups is 3. The van der Waals surface area contributed by atoms with E-state index in [1.807, 2.05) is 30.5 Å². The van der Waals surface area contributed by atoms with Crippen LogP contribution in [0, 0.1) is 11.8 Å². The van der Waals surface area contributed by atoms with Crippen molar-refractivity contribution in [3.8, 4) is 0 Å². The number of nitrogens with one attached hydrogen (secondary N) is 1. The lowest BCUT2D eigenvalue weighted by molar-refractivity contribution is -0.142. The Morgan fingerprint density at radius 3 is 2.14 bits per heavy atom. The molecular formula is C16H16N2O3S. The van der Waals surface area contributed by atoms with Gasteiger partial charge in [0.15, 0.2) is 0 Å². The van der Waals surface area contributed by atoms with E-state index in [0.717, 1.165) is 9.90 Å². The first kappa shape index (κ1) is 14.8. The van der Waals surface area contributed by atoms with Crippen LogP contribution in [0.5, 0.6) is 0 Å². The van der Waals surface area contributed by atoms with Gasteiger partial charge >= 0.3 is 0 Å². The molecule has 1 saturated heterocycles. The van der Waals surface area contributed by atoms with E-state index in [9.17, 15) is 14.4 Å². The van der Waals surface area contributed by atoms with E-state index in [-0.39, 0.29) is 23.7 Å². The molecule has 2 atom stereocenters. The average Bonchev–Trinajstić information content (AvgIpc) is 2.80. The molecule has 1 aliphatic carbocycles. The molecule has 1 N–H and O–H groups in total. The first-order valence-corrected chi connectivity index (χ1v) is 8.32. The highest BCUT2D eigenvalue weighted by molar-refractivity contribution is 7.98. The molecule has 1 aromatic rings. The molecule has 0 spiro atoms. The maximum absolute atomic E-state index is 12.3. The minimum absolute atomic E-state index is 0.312. The maximum Gasteiger partial charge on any atom is 0.270 e. The van der Waals surface area contributed by atoms with Gasteiger partial charge in [-0.3, -0.25) is 19.8 Å². The normalized spacial score (nSPS) is 23.6. The van der Waals surface area contributed by atoms with Crippen LogP contribution >= 0.6 is 11.8 Å². The first-order chi connectivity index (χ1) is 10.6. The van der Waals surface area contributed by atoms with E-state index < -0.39 is 5.91 Å². The van der Waals surface area contributed by atoms with Crippen molar-refractivity contribution in [3.63, 3.8) is 0 Å². The monoisotopic (exact) mass is 316 g/mol. The zero-order chi connectivity index (χ0) is 15.7. The van der Waals surface area contributed by atoms with Gasteiger partial charge in [-0.25, -0.2) is 0 Å². The third-order valence-electron chi connectivity index (χ3n) is 4.07. The quantitative estimate of drug-likeness (QED) is 0.526. The van der Waals surface area contributed by atoms with Gasteiger partial charge in [0.05, 0.1) is 11.8 Å². The standard InChI is InChI=1S/C16H16N2O3S/c1-22-11-8-6-10(7-9-11)14(19)17-18-15(20)12-4-2-3-5-13(12)16(18)21/h2-3,6-9,12-13H,4-5H2,1H3,(H,17,19). The summed E-state index contributed by atoms with van der Waals surface area (Å²) in [7, 11) is 0. The Morgan fingerprint density at radius 1 is 1.09 bits per heavy atom. The molecule has 1 heterocycles. The summed E-state index contributed by atoms with van der Waals surface area (Å²) in [5.74, 6) is -1.74. The number of hydrogen-bond donors (Lipinski definition) is 1. The molecule has 5 nitrogen and oxygen atoms in total. The van der Waals surface area contributed by atoms with Crippen molar-refractivity contribution in [2.24, 2.45) is 11.8 Å². The van der Waals surface area contributed by atoms with Gasteiger partial charge in [-0.05, 0) is 43.4 Å². The van der Waals surface area contributed by atoms with Gasteiger partial charge in [0.25, 0.3) is 17.7 Å². The second kappa shape index (κ2) is 5.96. The molecular weight excluding hydrogens is 300 g/mol. The Labute approximate surface area is 132 Å². The lowest BCUT2D eigenvalue weighted by Crippen LogP contribution is -2.46. The fraction of sp³-hybridized carbons (Fsp3) is 0.312. The second-order valence-electron chi connectivity index (χ2n) is 5.34. The molecule has 6 heteroatoms. The predicted molar refractivity (Wildman–Crippen MR) is 82.9 cm³/mol. The summed E-state index contributed by atoms with van der Waals surface area (Å²) in [5, 5.41) is 0.896. The van der Waals surface area contributed by atoms with Crippen LogP contribution in [0.2, 0.25) is 0 Å². The smallest absolute Gasteiger partial charge is 0.270 e. The average molecular weight is 316 g/mol. The van der Waals surface area contributed by atoms with Crippen LogP contribution in [0.3, 0.4) is 0 Å². The van der Waals surface area contributed by atoms with E-state index in [1.54, 1.807) is 23.9 Å². The highest BCUT2D eigenvalue weighted by atomic mass is 32.2. The third-order valence-corrected chi connectivity index (χ3v) is 4.82. The Balaban J connectivity index is 1.73. The number of imide groups is 1. The highest BCUT2D eigenvalue weighted by Gasteiger charge is 2.48. The molecule has 1 aromatic carbocycles. The van der Waals surface area contributed by atoms with Crippen molar-refractivity contribution in [1.29, 1.82) is 0 Å². The Kier molecular flexibility index (Phi) is 4.02. The van der Waals surface area contributed by atoms with E-state index >= 15 is 0 Å². The van der Waals surface area contributed by atoms with Crippen molar-refractivity contribution in [3.05, 3.63) is 42.0 Å². The van der Waals surface area contributed by atoms with Crippen molar-refractivity contribution in [1.82, 2.24) is 10.4 Å². The Hall–Kier alpha value is -2.08. The van der Waals surface area contributed by atoms with Crippen LogP contribution in [0.15, 0.2) is 41.3 Å². The number of amides is 3. The van der Waals surface area contributed by atoms with Gasteiger partial charge in [0.2, 0.25) is 0 Å². The van der Waals surface area contributed by atoms with Crippen LogP contribution in [0.4, 0.5) is 0 Å². The molecule has 0 radical (unpaired) electrons. The van der Waals surface area contributed by atoms with Gasteiger partial charge in [-0.1, -0.05) is 12.2 Å². The van der Waals surface area contributed by atoms with Crippen molar-refractivity contribution >= 4 is 29.5 Å². The zero-order valence-corrected chi connectivity index (χ0v) is 12.9. The number of carbonyl (C=O) groups excluding carboxylic acids is 3. The molecule has 2 unspecified atom stereocenters. The largest absolute Gasteiger partial charge is 0.272 e.